The van der Waals surface area contributed by atoms with Gasteiger partial charge in [0.15, 0.2) is 0 Å². The fraction of sp³-hybridized carbons (Fsp3) is 0.941. The number of halogens is 6. The molecular formula is C17H30F5IO5. The van der Waals surface area contributed by atoms with Crippen molar-refractivity contribution in [2.24, 2.45) is 5.92 Å². The summed E-state index contributed by atoms with van der Waals surface area (Å²) in [5.41, 5.74) is -3.53. The average molecular weight is 536 g/mol. The number of carbonyl (C=O) groups is 1. The zero-order valence-corrected chi connectivity index (χ0v) is 19.5. The normalized spacial score (nSPS) is 18.5. The molecule has 0 fully saturated rings. The van der Waals surface area contributed by atoms with Gasteiger partial charge in [-0.05, 0) is 0 Å². The Morgan fingerprint density at radius 1 is 1.00 bits per heavy atom. The molecule has 0 aromatic rings. The Labute approximate surface area is 169 Å². The van der Waals surface area contributed by atoms with Crippen LogP contribution in [0.5, 0.6) is 0 Å². The third-order valence-corrected chi connectivity index (χ3v) is 11.2. The SMILES string of the molecule is CC(C)C(C)(C(=O)OCC(C)(OCOC(F)(F)C(F)(F)F)C(C)(C)O)I(C)C. The summed E-state index contributed by atoms with van der Waals surface area (Å²) in [6.07, 6.45) is -11.3. The van der Waals surface area contributed by atoms with Crippen molar-refractivity contribution in [1.82, 2.24) is 0 Å². The third-order valence-electron chi connectivity index (χ3n) is 4.99. The summed E-state index contributed by atoms with van der Waals surface area (Å²) in [7, 11) is 0. The van der Waals surface area contributed by atoms with E-state index in [-0.39, 0.29) is 5.92 Å². The molecule has 0 aromatic heterocycles. The van der Waals surface area contributed by atoms with Gasteiger partial charge in [0.2, 0.25) is 0 Å². The summed E-state index contributed by atoms with van der Waals surface area (Å²) >= 11 is -1.72. The molecular weight excluding hydrogens is 506 g/mol. The van der Waals surface area contributed by atoms with Gasteiger partial charge in [-0.2, -0.15) is 0 Å². The van der Waals surface area contributed by atoms with Gasteiger partial charge in [0.25, 0.3) is 0 Å². The van der Waals surface area contributed by atoms with Crippen LogP contribution in [0, 0.1) is 5.92 Å². The van der Waals surface area contributed by atoms with Crippen molar-refractivity contribution in [3.8, 4) is 0 Å². The van der Waals surface area contributed by atoms with Crippen molar-refractivity contribution in [3.05, 3.63) is 0 Å². The molecule has 0 radical (unpaired) electrons. The molecule has 2 atom stereocenters. The van der Waals surface area contributed by atoms with E-state index in [1.54, 1.807) is 6.92 Å². The van der Waals surface area contributed by atoms with Crippen LogP contribution in [0.2, 0.25) is 0 Å². The van der Waals surface area contributed by atoms with Gasteiger partial charge in [-0.25, -0.2) is 0 Å². The van der Waals surface area contributed by atoms with Crippen LogP contribution in [-0.4, -0.2) is 61.2 Å². The van der Waals surface area contributed by atoms with E-state index in [1.807, 2.05) is 23.7 Å². The topological polar surface area (TPSA) is 65.0 Å². The van der Waals surface area contributed by atoms with Gasteiger partial charge in [0, 0.05) is 0 Å². The summed E-state index contributed by atoms with van der Waals surface area (Å²) in [4.78, 5) is 16.6. The summed E-state index contributed by atoms with van der Waals surface area (Å²) in [6.45, 7) is 7.24. The first kappa shape index (κ1) is 27.7. The van der Waals surface area contributed by atoms with E-state index < -0.39 is 66.1 Å². The van der Waals surface area contributed by atoms with Gasteiger partial charge >= 0.3 is 169 Å². The Morgan fingerprint density at radius 3 is 1.79 bits per heavy atom. The van der Waals surface area contributed by atoms with Crippen molar-refractivity contribution < 1.29 is 46.1 Å². The Bertz CT molecular complexity index is 523. The molecule has 0 amide bonds. The number of alkyl halides is 8. The number of ether oxygens (including phenoxy) is 3. The molecule has 0 saturated heterocycles. The number of hydrogen-bond acceptors (Lipinski definition) is 5. The monoisotopic (exact) mass is 536 g/mol. The second-order valence-electron chi connectivity index (χ2n) is 7.77. The van der Waals surface area contributed by atoms with Crippen LogP contribution < -0.4 is 0 Å². The summed E-state index contributed by atoms with van der Waals surface area (Å²) in [5.74, 6) is -0.554. The van der Waals surface area contributed by atoms with E-state index >= 15 is 0 Å². The molecule has 0 saturated carbocycles. The number of rotatable bonds is 10. The third kappa shape index (κ3) is 6.36. The molecule has 1 N–H and O–H groups in total. The molecule has 0 bridgehead atoms. The number of hydrogen-bond donors (Lipinski definition) is 1. The van der Waals surface area contributed by atoms with Gasteiger partial charge in [-0.1, -0.05) is 0 Å². The Kier molecular flexibility index (Phi) is 9.16. The first-order chi connectivity index (χ1) is 12.2. The van der Waals surface area contributed by atoms with Gasteiger partial charge in [0.05, 0.1) is 0 Å². The van der Waals surface area contributed by atoms with E-state index in [2.05, 4.69) is 4.74 Å². The van der Waals surface area contributed by atoms with Crippen molar-refractivity contribution >= 4 is 25.8 Å². The Morgan fingerprint density at radius 2 is 1.46 bits per heavy atom. The minimum atomic E-state index is -5.91. The van der Waals surface area contributed by atoms with Crippen LogP contribution in [-0.2, 0) is 19.0 Å². The quantitative estimate of drug-likeness (QED) is 0.148. The molecule has 0 rings (SSSR count). The molecule has 0 heterocycles. The van der Waals surface area contributed by atoms with E-state index in [0.29, 0.717) is 0 Å². The molecule has 0 aromatic carbocycles. The van der Waals surface area contributed by atoms with Gasteiger partial charge in [-0.15, -0.1) is 0 Å². The zero-order chi connectivity index (χ0) is 22.8. The molecule has 11 heteroatoms. The van der Waals surface area contributed by atoms with Gasteiger partial charge < -0.3 is 0 Å². The number of aliphatic hydroxyl groups is 1. The van der Waals surface area contributed by atoms with Crippen molar-refractivity contribution in [1.29, 1.82) is 0 Å². The van der Waals surface area contributed by atoms with Crippen molar-refractivity contribution in [3.63, 3.8) is 0 Å². The van der Waals surface area contributed by atoms with Crippen LogP contribution in [0.4, 0.5) is 22.0 Å². The second kappa shape index (κ2) is 9.25. The summed E-state index contributed by atoms with van der Waals surface area (Å²) in [6, 6.07) is 0. The minimum absolute atomic E-state index is 0.0247. The first-order valence-corrected chi connectivity index (χ1v) is 13.7. The van der Waals surface area contributed by atoms with Crippen LogP contribution >= 0.6 is 19.8 Å². The predicted octanol–water partition coefficient (Wildman–Crippen LogP) is 4.39. The van der Waals surface area contributed by atoms with Gasteiger partial charge in [-0.3, -0.25) is 0 Å². The molecule has 170 valence electrons. The maximum absolute atomic E-state index is 12.9. The standard InChI is InChI=1S/C17H30F5IO5/c1-11(2)15(6,23(7)8)12(24)26-9-14(5,13(3,4)25)27-10-28-17(21,22)16(18,19)20/h11,25H,9-10H2,1-8H3. The molecule has 28 heavy (non-hydrogen) atoms. The summed E-state index contributed by atoms with van der Waals surface area (Å²) < 4.78 is 75.4. The maximum atomic E-state index is 12.9. The second-order valence-corrected chi connectivity index (χ2v) is 14.3. The Hall–Kier alpha value is -0.270. The van der Waals surface area contributed by atoms with E-state index in [9.17, 15) is 31.9 Å². The average Bonchev–Trinajstić information content (AvgIpc) is 2.48. The number of esters is 1. The summed E-state index contributed by atoms with van der Waals surface area (Å²) in [5, 5.41) is 10.3. The molecule has 0 aliphatic carbocycles. The molecule has 5 nitrogen and oxygen atoms in total. The molecule has 0 spiro atoms. The molecule has 0 aliphatic heterocycles. The zero-order valence-electron chi connectivity index (χ0n) is 17.3. The van der Waals surface area contributed by atoms with E-state index in [1.165, 1.54) is 20.8 Å². The van der Waals surface area contributed by atoms with Gasteiger partial charge in [0.1, 0.15) is 0 Å². The molecule has 2 unspecified atom stereocenters. The van der Waals surface area contributed by atoms with Crippen LogP contribution in [0.15, 0.2) is 0 Å². The molecule has 0 aliphatic rings. The number of carbonyl (C=O) groups excluding carboxylic acids is 1. The van der Waals surface area contributed by atoms with Crippen molar-refractivity contribution in [2.75, 3.05) is 23.3 Å². The first-order valence-electron chi connectivity index (χ1n) is 8.34. The Balaban J connectivity index is 5.27. The fourth-order valence-corrected chi connectivity index (χ4v) is 5.41. The van der Waals surface area contributed by atoms with Crippen LogP contribution in [0.25, 0.3) is 0 Å². The van der Waals surface area contributed by atoms with Crippen molar-refractivity contribution in [2.45, 2.75) is 68.5 Å². The van der Waals surface area contributed by atoms with Crippen LogP contribution in [0.1, 0.15) is 41.5 Å². The van der Waals surface area contributed by atoms with E-state index in [0.717, 1.165) is 0 Å². The van der Waals surface area contributed by atoms with E-state index in [4.69, 9.17) is 9.47 Å². The fourth-order valence-electron chi connectivity index (χ4n) is 1.88. The predicted molar refractivity (Wildman–Crippen MR) is 103 cm³/mol. The van der Waals surface area contributed by atoms with Crippen LogP contribution in [0.3, 0.4) is 0 Å².